The van der Waals surface area contributed by atoms with E-state index in [0.29, 0.717) is 29.8 Å². The summed E-state index contributed by atoms with van der Waals surface area (Å²) < 4.78 is 20.4. The topological polar surface area (TPSA) is 161 Å². The summed E-state index contributed by atoms with van der Waals surface area (Å²) in [5, 5.41) is 19.4. The number of halogens is 1. The molecule has 0 bridgehead atoms. The van der Waals surface area contributed by atoms with E-state index >= 15 is 4.39 Å². The molecule has 0 aromatic heterocycles. The minimum absolute atomic E-state index is 0.0168. The van der Waals surface area contributed by atoms with Gasteiger partial charge in [0.1, 0.15) is 17.2 Å². The second kappa shape index (κ2) is 10.9. The van der Waals surface area contributed by atoms with Gasteiger partial charge in [0.25, 0.3) is 17.7 Å². The van der Waals surface area contributed by atoms with Crippen LogP contribution in [-0.2, 0) is 25.7 Å². The van der Waals surface area contributed by atoms with Crippen LogP contribution in [0.3, 0.4) is 0 Å². The van der Waals surface area contributed by atoms with Gasteiger partial charge in [-0.25, -0.2) is 14.8 Å². The molecule has 5 aliphatic rings. The van der Waals surface area contributed by atoms with E-state index in [1.165, 1.54) is 11.1 Å². The lowest BCUT2D eigenvalue weighted by Crippen LogP contribution is -2.48. The van der Waals surface area contributed by atoms with Gasteiger partial charge < -0.3 is 25.8 Å². The largest absolute Gasteiger partial charge is 0.482 e. The maximum absolute atomic E-state index is 15.0. The van der Waals surface area contributed by atoms with Crippen molar-refractivity contribution in [1.82, 2.24) is 21.1 Å². The Morgan fingerprint density at radius 1 is 1.14 bits per heavy atom. The zero-order valence-corrected chi connectivity index (χ0v) is 23.3. The van der Waals surface area contributed by atoms with Gasteiger partial charge in [0.2, 0.25) is 0 Å². The van der Waals surface area contributed by atoms with Crippen LogP contribution in [0.25, 0.3) is 0 Å². The van der Waals surface area contributed by atoms with Gasteiger partial charge in [-0.3, -0.25) is 24.2 Å². The first-order valence-electron chi connectivity index (χ1n) is 14.2. The van der Waals surface area contributed by atoms with Gasteiger partial charge in [0.05, 0.1) is 17.6 Å². The number of aliphatic imine (C=N–C) groups is 1. The van der Waals surface area contributed by atoms with Crippen molar-refractivity contribution in [3.8, 4) is 5.75 Å². The number of hydrogen-bond acceptors (Lipinski definition) is 8. The van der Waals surface area contributed by atoms with E-state index in [0.717, 1.165) is 12.8 Å². The Bertz CT molecular complexity index is 1460. The SMILES string of the molecule is CC1NN2C(C(=O)N[C@H]3CCC4C3CCC(C(=O)O)[C@@H]4C)=CC(C(=O)NCc3ccc4c(c3)NC(=O)CO4)=NC2=C1F. The van der Waals surface area contributed by atoms with Crippen LogP contribution in [0, 0.1) is 23.7 Å². The summed E-state index contributed by atoms with van der Waals surface area (Å²) in [6, 6.07) is 4.25. The van der Waals surface area contributed by atoms with Crippen molar-refractivity contribution in [1.29, 1.82) is 0 Å². The summed E-state index contributed by atoms with van der Waals surface area (Å²) in [5.41, 5.74) is 4.02. The van der Waals surface area contributed by atoms with Gasteiger partial charge in [-0.15, -0.1) is 0 Å². The van der Waals surface area contributed by atoms with Crippen molar-refractivity contribution in [2.45, 2.75) is 58.2 Å². The molecule has 0 radical (unpaired) electrons. The van der Waals surface area contributed by atoms with Crippen LogP contribution in [0.15, 0.2) is 46.6 Å². The number of anilines is 1. The number of carboxylic acid groups (broad SMARTS) is 1. The molecule has 0 saturated heterocycles. The number of hydrogen-bond donors (Lipinski definition) is 5. The van der Waals surface area contributed by atoms with Gasteiger partial charge in [0, 0.05) is 18.7 Å². The molecule has 2 aliphatic carbocycles. The predicted molar refractivity (Wildman–Crippen MR) is 148 cm³/mol. The summed E-state index contributed by atoms with van der Waals surface area (Å²) in [6.45, 7) is 3.60. The maximum Gasteiger partial charge on any atom is 0.306 e. The monoisotopic (exact) mass is 580 g/mol. The first kappa shape index (κ1) is 27.9. The molecular weight excluding hydrogens is 547 g/mol. The molecule has 6 rings (SSSR count). The van der Waals surface area contributed by atoms with E-state index in [1.54, 1.807) is 25.1 Å². The van der Waals surface area contributed by atoms with Crippen molar-refractivity contribution in [3.05, 3.63) is 47.2 Å². The van der Waals surface area contributed by atoms with E-state index in [4.69, 9.17) is 4.74 Å². The highest BCUT2D eigenvalue weighted by atomic mass is 19.1. The Labute approximate surface area is 241 Å². The fourth-order valence-electron chi connectivity index (χ4n) is 6.91. The molecule has 6 atom stereocenters. The number of carbonyl (C=O) groups is 4. The second-order valence-corrected chi connectivity index (χ2v) is 11.6. The van der Waals surface area contributed by atoms with Crippen molar-refractivity contribution in [3.63, 3.8) is 0 Å². The van der Waals surface area contributed by atoms with Crippen LogP contribution in [0.4, 0.5) is 10.1 Å². The van der Waals surface area contributed by atoms with Gasteiger partial charge in [-0.2, -0.15) is 0 Å². The standard InChI is InChI=1S/C29H33FN6O6/c1-13-16-6-7-19(18(16)5-4-17(13)29(40)41)34-28(39)22-10-21(33-26-25(30)14(2)35-36(22)26)27(38)31-11-15-3-8-23-20(9-15)32-24(37)12-42-23/h3,8-10,13-14,16-19,35H,4-7,11-12H2,1-2H3,(H,31,38)(H,32,37)(H,34,39)(H,40,41)/t13-,14?,16?,17?,18?,19+/m1/s1. The molecule has 2 saturated carbocycles. The van der Waals surface area contributed by atoms with Crippen molar-refractivity contribution in [2.24, 2.45) is 28.7 Å². The van der Waals surface area contributed by atoms with E-state index in [9.17, 15) is 24.3 Å². The minimum atomic E-state index is -0.770. The molecule has 0 spiro atoms. The molecule has 1 aromatic rings. The normalized spacial score (nSPS) is 29.8. The molecule has 13 heteroatoms. The molecule has 2 fully saturated rings. The summed E-state index contributed by atoms with van der Waals surface area (Å²) in [6.07, 6.45) is 4.16. The summed E-state index contributed by atoms with van der Waals surface area (Å²) in [7, 11) is 0. The third-order valence-corrected chi connectivity index (χ3v) is 9.10. The number of amides is 3. The average molecular weight is 581 g/mol. The van der Waals surface area contributed by atoms with E-state index < -0.39 is 29.7 Å². The van der Waals surface area contributed by atoms with Gasteiger partial charge in [0.15, 0.2) is 18.3 Å². The van der Waals surface area contributed by atoms with Gasteiger partial charge in [-0.05, 0) is 68.1 Å². The quantitative estimate of drug-likeness (QED) is 0.341. The van der Waals surface area contributed by atoms with Crippen LogP contribution in [-0.4, -0.2) is 58.2 Å². The lowest BCUT2D eigenvalue weighted by Gasteiger charge is -2.38. The fraction of sp³-hybridized carbons (Fsp3) is 0.483. The zero-order chi connectivity index (χ0) is 29.7. The first-order valence-corrected chi connectivity index (χ1v) is 14.2. The maximum atomic E-state index is 15.0. The number of fused-ring (bicyclic) bond motifs is 3. The van der Waals surface area contributed by atoms with Gasteiger partial charge in [-0.1, -0.05) is 13.0 Å². The van der Waals surface area contributed by atoms with Crippen LogP contribution in [0.1, 0.15) is 45.1 Å². The Morgan fingerprint density at radius 2 is 1.93 bits per heavy atom. The number of aliphatic carboxylic acids is 1. The average Bonchev–Trinajstić information content (AvgIpc) is 3.51. The number of nitrogens with zero attached hydrogens (tertiary/aromatic N) is 2. The lowest BCUT2D eigenvalue weighted by molar-refractivity contribution is -0.146. The van der Waals surface area contributed by atoms with E-state index in [1.807, 2.05) is 6.92 Å². The Morgan fingerprint density at radius 3 is 2.71 bits per heavy atom. The van der Waals surface area contributed by atoms with Gasteiger partial charge >= 0.3 is 5.97 Å². The highest BCUT2D eigenvalue weighted by Crippen LogP contribution is 2.48. The van der Waals surface area contributed by atoms with Crippen molar-refractivity contribution in [2.75, 3.05) is 11.9 Å². The number of hydrazine groups is 1. The fourth-order valence-corrected chi connectivity index (χ4v) is 6.91. The van der Waals surface area contributed by atoms with E-state index in [2.05, 4.69) is 26.4 Å². The zero-order valence-electron chi connectivity index (χ0n) is 23.3. The number of carbonyl (C=O) groups excluding carboxylic acids is 3. The molecule has 5 N–H and O–H groups in total. The molecule has 4 unspecified atom stereocenters. The number of nitrogens with one attached hydrogen (secondary N) is 4. The second-order valence-electron chi connectivity index (χ2n) is 11.6. The molecule has 42 heavy (non-hydrogen) atoms. The number of benzene rings is 1. The molecule has 1 aromatic carbocycles. The third-order valence-electron chi connectivity index (χ3n) is 9.10. The molecule has 3 aliphatic heterocycles. The van der Waals surface area contributed by atoms with Crippen LogP contribution < -0.4 is 26.1 Å². The smallest absolute Gasteiger partial charge is 0.306 e. The molecule has 222 valence electrons. The molecular formula is C29H33FN6O6. The van der Waals surface area contributed by atoms with Crippen LogP contribution in [0.5, 0.6) is 5.75 Å². The van der Waals surface area contributed by atoms with E-state index in [-0.39, 0.29) is 66.0 Å². The Kier molecular flexibility index (Phi) is 7.21. The van der Waals surface area contributed by atoms with Crippen LogP contribution >= 0.6 is 0 Å². The summed E-state index contributed by atoms with van der Waals surface area (Å²) in [4.78, 5) is 54.3. The lowest BCUT2D eigenvalue weighted by atomic mass is 9.68. The Balaban J connectivity index is 1.17. The highest BCUT2D eigenvalue weighted by Gasteiger charge is 2.47. The van der Waals surface area contributed by atoms with Crippen LogP contribution in [0.2, 0.25) is 0 Å². The third kappa shape index (κ3) is 5.02. The Hall–Kier alpha value is -4.26. The summed E-state index contributed by atoms with van der Waals surface area (Å²) >= 11 is 0. The number of ether oxygens (including phenoxy) is 1. The molecule has 12 nitrogen and oxygen atoms in total. The summed E-state index contributed by atoms with van der Waals surface area (Å²) in [5.74, 6) is -2.31. The van der Waals surface area contributed by atoms with Crippen molar-refractivity contribution < 1.29 is 33.4 Å². The predicted octanol–water partition coefficient (Wildman–Crippen LogP) is 1.96. The minimum Gasteiger partial charge on any atom is -0.482 e. The molecule has 3 heterocycles. The highest BCUT2D eigenvalue weighted by molar-refractivity contribution is 6.44. The van der Waals surface area contributed by atoms with Crippen molar-refractivity contribution >= 4 is 35.1 Å². The molecule has 3 amide bonds. The number of rotatable bonds is 6. The first-order chi connectivity index (χ1) is 20.1. The number of carboxylic acids is 1.